The van der Waals surface area contributed by atoms with Crippen LogP contribution < -0.4 is 20.1 Å². The Bertz CT molecular complexity index is 458. The van der Waals surface area contributed by atoms with Crippen molar-refractivity contribution in [1.82, 2.24) is 10.6 Å². The second-order valence-corrected chi connectivity index (χ2v) is 4.49. The van der Waals surface area contributed by atoms with Gasteiger partial charge in [-0.05, 0) is 17.7 Å². The molecule has 1 atom stereocenters. The Kier molecular flexibility index (Phi) is 5.20. The lowest BCUT2D eigenvalue weighted by atomic mass is 10.2. The number of hydrogen-bond donors (Lipinski definition) is 2. The molecule has 6 nitrogen and oxygen atoms in total. The van der Waals surface area contributed by atoms with Gasteiger partial charge in [-0.3, -0.25) is 4.79 Å². The quantitative estimate of drug-likeness (QED) is 0.812. The van der Waals surface area contributed by atoms with Crippen LogP contribution in [0.15, 0.2) is 18.2 Å². The van der Waals surface area contributed by atoms with E-state index in [0.717, 1.165) is 5.56 Å². The van der Waals surface area contributed by atoms with Crippen molar-refractivity contribution < 1.29 is 19.0 Å². The summed E-state index contributed by atoms with van der Waals surface area (Å²) in [5.74, 6) is 1.27. The standard InChI is InChI=1S/C14H20N2O4/c1-18-12-4-3-10(7-13(12)19-2)8-16-14(17)11-9-20-6-5-15-11/h3-4,7,11,15H,5-6,8-9H2,1-2H3,(H,16,17). The van der Waals surface area contributed by atoms with E-state index in [-0.39, 0.29) is 11.9 Å². The normalized spacial score (nSPS) is 18.4. The number of rotatable bonds is 5. The molecule has 0 radical (unpaired) electrons. The lowest BCUT2D eigenvalue weighted by Crippen LogP contribution is -2.51. The molecule has 1 amide bonds. The Hall–Kier alpha value is -1.79. The van der Waals surface area contributed by atoms with Gasteiger partial charge in [-0.2, -0.15) is 0 Å². The van der Waals surface area contributed by atoms with Crippen LogP contribution in [0.4, 0.5) is 0 Å². The second-order valence-electron chi connectivity index (χ2n) is 4.49. The number of morpholine rings is 1. The molecule has 6 heteroatoms. The van der Waals surface area contributed by atoms with Gasteiger partial charge in [-0.15, -0.1) is 0 Å². The number of carbonyl (C=O) groups excluding carboxylic acids is 1. The van der Waals surface area contributed by atoms with Crippen LogP contribution in [-0.4, -0.2) is 45.9 Å². The van der Waals surface area contributed by atoms with Crippen molar-refractivity contribution in [2.24, 2.45) is 0 Å². The van der Waals surface area contributed by atoms with Crippen LogP contribution in [0.5, 0.6) is 11.5 Å². The van der Waals surface area contributed by atoms with E-state index in [0.29, 0.717) is 37.8 Å². The summed E-state index contributed by atoms with van der Waals surface area (Å²) >= 11 is 0. The van der Waals surface area contributed by atoms with E-state index in [1.54, 1.807) is 14.2 Å². The highest BCUT2D eigenvalue weighted by Crippen LogP contribution is 2.27. The fourth-order valence-electron chi connectivity index (χ4n) is 2.04. The lowest BCUT2D eigenvalue weighted by molar-refractivity contribution is -0.126. The minimum atomic E-state index is -0.274. The van der Waals surface area contributed by atoms with Gasteiger partial charge < -0.3 is 24.8 Å². The molecule has 20 heavy (non-hydrogen) atoms. The highest BCUT2D eigenvalue weighted by molar-refractivity contribution is 5.82. The first kappa shape index (κ1) is 14.6. The molecule has 1 aromatic rings. The summed E-state index contributed by atoms with van der Waals surface area (Å²) in [6, 6.07) is 5.29. The molecule has 0 bridgehead atoms. The molecule has 1 aromatic carbocycles. The van der Waals surface area contributed by atoms with Gasteiger partial charge in [0.1, 0.15) is 6.04 Å². The average Bonchev–Trinajstić information content (AvgIpc) is 2.53. The summed E-state index contributed by atoms with van der Waals surface area (Å²) < 4.78 is 15.7. The van der Waals surface area contributed by atoms with Crippen LogP contribution in [-0.2, 0) is 16.1 Å². The lowest BCUT2D eigenvalue weighted by Gasteiger charge is -2.23. The number of carbonyl (C=O) groups is 1. The van der Waals surface area contributed by atoms with Gasteiger partial charge in [-0.1, -0.05) is 6.07 Å². The molecule has 0 aromatic heterocycles. The first-order valence-corrected chi connectivity index (χ1v) is 6.54. The van der Waals surface area contributed by atoms with Crippen LogP contribution in [0.3, 0.4) is 0 Å². The van der Waals surface area contributed by atoms with E-state index >= 15 is 0 Å². The summed E-state index contributed by atoms with van der Waals surface area (Å²) in [5, 5.41) is 5.99. The minimum Gasteiger partial charge on any atom is -0.493 e. The smallest absolute Gasteiger partial charge is 0.239 e. The zero-order valence-electron chi connectivity index (χ0n) is 11.8. The number of ether oxygens (including phenoxy) is 3. The highest BCUT2D eigenvalue weighted by Gasteiger charge is 2.20. The van der Waals surface area contributed by atoms with Gasteiger partial charge >= 0.3 is 0 Å². The van der Waals surface area contributed by atoms with Gasteiger partial charge in [0.25, 0.3) is 0 Å². The molecule has 1 aliphatic heterocycles. The number of benzene rings is 1. The Morgan fingerprint density at radius 2 is 2.20 bits per heavy atom. The van der Waals surface area contributed by atoms with Gasteiger partial charge in [0.15, 0.2) is 11.5 Å². The van der Waals surface area contributed by atoms with Crippen molar-refractivity contribution in [2.45, 2.75) is 12.6 Å². The van der Waals surface area contributed by atoms with Gasteiger partial charge in [0.2, 0.25) is 5.91 Å². The number of methoxy groups -OCH3 is 2. The second kappa shape index (κ2) is 7.12. The highest BCUT2D eigenvalue weighted by atomic mass is 16.5. The molecule has 0 saturated carbocycles. The van der Waals surface area contributed by atoms with Gasteiger partial charge in [0.05, 0.1) is 27.4 Å². The van der Waals surface area contributed by atoms with Crippen LogP contribution >= 0.6 is 0 Å². The summed E-state index contributed by atoms with van der Waals surface area (Å²) in [6.07, 6.45) is 0. The third-order valence-corrected chi connectivity index (χ3v) is 3.15. The van der Waals surface area contributed by atoms with Gasteiger partial charge in [-0.25, -0.2) is 0 Å². The molecule has 1 saturated heterocycles. The fraction of sp³-hybridized carbons (Fsp3) is 0.500. The van der Waals surface area contributed by atoms with E-state index in [2.05, 4.69) is 10.6 Å². The third kappa shape index (κ3) is 3.61. The van der Waals surface area contributed by atoms with Crippen LogP contribution in [0.1, 0.15) is 5.56 Å². The fourth-order valence-corrected chi connectivity index (χ4v) is 2.04. The zero-order chi connectivity index (χ0) is 14.4. The Balaban J connectivity index is 1.91. The van der Waals surface area contributed by atoms with Crippen LogP contribution in [0.2, 0.25) is 0 Å². The molecule has 2 rings (SSSR count). The molecule has 1 unspecified atom stereocenters. The molecule has 2 N–H and O–H groups in total. The van der Waals surface area contributed by atoms with Crippen LogP contribution in [0, 0.1) is 0 Å². The molecule has 110 valence electrons. The molecule has 1 aliphatic rings. The molecular weight excluding hydrogens is 260 g/mol. The number of hydrogen-bond acceptors (Lipinski definition) is 5. The van der Waals surface area contributed by atoms with E-state index < -0.39 is 0 Å². The van der Waals surface area contributed by atoms with E-state index in [1.165, 1.54) is 0 Å². The van der Waals surface area contributed by atoms with E-state index in [4.69, 9.17) is 14.2 Å². The molecule has 0 spiro atoms. The van der Waals surface area contributed by atoms with E-state index in [1.807, 2.05) is 18.2 Å². The predicted octanol–water partition coefficient (Wildman–Crippen LogP) is 0.308. The monoisotopic (exact) mass is 280 g/mol. The maximum Gasteiger partial charge on any atom is 0.239 e. The summed E-state index contributed by atoms with van der Waals surface area (Å²) in [4.78, 5) is 11.9. The Labute approximate surface area is 118 Å². The van der Waals surface area contributed by atoms with Crippen molar-refractivity contribution in [3.63, 3.8) is 0 Å². The van der Waals surface area contributed by atoms with E-state index in [9.17, 15) is 4.79 Å². The van der Waals surface area contributed by atoms with Gasteiger partial charge in [0, 0.05) is 13.1 Å². The van der Waals surface area contributed by atoms with Crippen molar-refractivity contribution in [3.05, 3.63) is 23.8 Å². The summed E-state index contributed by atoms with van der Waals surface area (Å²) in [6.45, 7) is 2.21. The maximum absolute atomic E-state index is 11.9. The first-order chi connectivity index (χ1) is 9.74. The van der Waals surface area contributed by atoms with Crippen molar-refractivity contribution in [3.8, 4) is 11.5 Å². The van der Waals surface area contributed by atoms with Crippen molar-refractivity contribution >= 4 is 5.91 Å². The van der Waals surface area contributed by atoms with Crippen molar-refractivity contribution in [1.29, 1.82) is 0 Å². The SMILES string of the molecule is COc1ccc(CNC(=O)C2COCCN2)cc1OC. The first-order valence-electron chi connectivity index (χ1n) is 6.54. The number of amides is 1. The summed E-state index contributed by atoms with van der Waals surface area (Å²) in [7, 11) is 3.18. The maximum atomic E-state index is 11.9. The minimum absolute atomic E-state index is 0.0560. The molecule has 1 heterocycles. The van der Waals surface area contributed by atoms with Crippen LogP contribution in [0.25, 0.3) is 0 Å². The summed E-state index contributed by atoms with van der Waals surface area (Å²) in [5.41, 5.74) is 0.952. The Morgan fingerprint density at radius 3 is 2.85 bits per heavy atom. The Morgan fingerprint density at radius 1 is 1.40 bits per heavy atom. The number of nitrogens with one attached hydrogen (secondary N) is 2. The average molecular weight is 280 g/mol. The molecule has 0 aliphatic carbocycles. The topological polar surface area (TPSA) is 68.8 Å². The predicted molar refractivity (Wildman–Crippen MR) is 74.0 cm³/mol. The zero-order valence-corrected chi connectivity index (χ0v) is 11.8. The molecule has 1 fully saturated rings. The van der Waals surface area contributed by atoms with Crippen molar-refractivity contribution in [2.75, 3.05) is 34.0 Å². The third-order valence-electron chi connectivity index (χ3n) is 3.15. The largest absolute Gasteiger partial charge is 0.493 e. The molecular formula is C14H20N2O4.